The minimum atomic E-state index is -0.633. The van der Waals surface area contributed by atoms with E-state index in [1.54, 1.807) is 4.90 Å². The first kappa shape index (κ1) is 14.1. The molecule has 0 aromatic rings. The van der Waals surface area contributed by atoms with Gasteiger partial charge in [0.1, 0.15) is 5.60 Å². The normalized spacial score (nSPS) is 30.8. The van der Waals surface area contributed by atoms with Gasteiger partial charge in [0.05, 0.1) is 5.41 Å². The molecule has 2 heterocycles. The van der Waals surface area contributed by atoms with Gasteiger partial charge in [-0.1, -0.05) is 0 Å². The quantitative estimate of drug-likeness (QED) is 0.720. The third-order valence-electron chi connectivity index (χ3n) is 3.92. The van der Waals surface area contributed by atoms with E-state index in [2.05, 4.69) is 5.32 Å². The Labute approximate surface area is 113 Å². The number of aliphatic hydroxyl groups excluding tert-OH is 1. The predicted octanol–water partition coefficient (Wildman–Crippen LogP) is 0.352. The van der Waals surface area contributed by atoms with Gasteiger partial charge in [-0.3, -0.25) is 4.79 Å². The number of aliphatic hydroxyl groups is 1. The lowest BCUT2D eigenvalue weighted by atomic mass is 9.77. The molecule has 2 N–H and O–H groups in total. The number of nitrogens with zero attached hydrogens (tertiary/aromatic N) is 1. The van der Waals surface area contributed by atoms with Gasteiger partial charge in [0.25, 0.3) is 0 Å². The molecule has 2 aliphatic rings. The summed E-state index contributed by atoms with van der Waals surface area (Å²) in [5.41, 5.74) is -1.17. The van der Waals surface area contributed by atoms with E-state index in [-0.39, 0.29) is 24.5 Å². The molecule has 19 heavy (non-hydrogen) atoms. The molecule has 2 amide bonds. The highest BCUT2D eigenvalue weighted by Crippen LogP contribution is 2.41. The minimum Gasteiger partial charge on any atom is -0.444 e. The Kier molecular flexibility index (Phi) is 3.47. The fourth-order valence-electron chi connectivity index (χ4n) is 2.85. The van der Waals surface area contributed by atoms with Crippen LogP contribution in [0.3, 0.4) is 0 Å². The first-order chi connectivity index (χ1) is 8.78. The molecule has 2 atom stereocenters. The Balaban J connectivity index is 2.07. The van der Waals surface area contributed by atoms with Crippen molar-refractivity contribution in [2.24, 2.45) is 11.3 Å². The van der Waals surface area contributed by atoms with Crippen LogP contribution in [0.25, 0.3) is 0 Å². The number of rotatable bonds is 1. The van der Waals surface area contributed by atoms with Gasteiger partial charge >= 0.3 is 6.09 Å². The summed E-state index contributed by atoms with van der Waals surface area (Å²) in [6, 6.07) is 0. The van der Waals surface area contributed by atoms with Crippen LogP contribution in [0.15, 0.2) is 0 Å². The highest BCUT2D eigenvalue weighted by molar-refractivity contribution is 5.87. The van der Waals surface area contributed by atoms with E-state index in [1.165, 1.54) is 0 Å². The molecule has 2 unspecified atom stereocenters. The van der Waals surface area contributed by atoms with Crippen LogP contribution in [-0.2, 0) is 9.53 Å². The number of likely N-dealkylation sites (tertiary alicyclic amines) is 1. The van der Waals surface area contributed by atoms with Crippen LogP contribution in [-0.4, -0.2) is 53.8 Å². The summed E-state index contributed by atoms with van der Waals surface area (Å²) in [5.74, 6) is -0.176. The monoisotopic (exact) mass is 270 g/mol. The van der Waals surface area contributed by atoms with Gasteiger partial charge in [-0.25, -0.2) is 4.79 Å². The topological polar surface area (TPSA) is 78.9 Å². The van der Waals surface area contributed by atoms with Crippen molar-refractivity contribution in [3.63, 3.8) is 0 Å². The van der Waals surface area contributed by atoms with Crippen molar-refractivity contribution in [1.29, 1.82) is 0 Å². The second-order valence-corrected chi connectivity index (χ2v) is 6.40. The van der Waals surface area contributed by atoms with E-state index < -0.39 is 11.0 Å². The maximum absolute atomic E-state index is 12.0. The second-order valence-electron chi connectivity index (χ2n) is 6.40. The lowest BCUT2D eigenvalue weighted by molar-refractivity contribution is -0.128. The fourth-order valence-corrected chi connectivity index (χ4v) is 2.85. The Morgan fingerprint density at radius 1 is 1.58 bits per heavy atom. The van der Waals surface area contributed by atoms with E-state index >= 15 is 0 Å². The fraction of sp³-hybridized carbons (Fsp3) is 0.846. The Morgan fingerprint density at radius 3 is 2.84 bits per heavy atom. The van der Waals surface area contributed by atoms with Crippen LogP contribution in [0.1, 0.15) is 27.2 Å². The summed E-state index contributed by atoms with van der Waals surface area (Å²) < 4.78 is 5.32. The van der Waals surface area contributed by atoms with Crippen LogP contribution in [0.4, 0.5) is 4.79 Å². The molecule has 0 radical (unpaired) electrons. The molecular weight excluding hydrogens is 248 g/mol. The van der Waals surface area contributed by atoms with Crippen molar-refractivity contribution in [3.8, 4) is 0 Å². The summed E-state index contributed by atoms with van der Waals surface area (Å²) in [5, 5.41) is 12.2. The van der Waals surface area contributed by atoms with Crippen LogP contribution < -0.4 is 5.32 Å². The van der Waals surface area contributed by atoms with E-state index in [0.717, 1.165) is 0 Å². The predicted molar refractivity (Wildman–Crippen MR) is 68.4 cm³/mol. The zero-order chi connectivity index (χ0) is 14.3. The van der Waals surface area contributed by atoms with Crippen molar-refractivity contribution in [2.45, 2.75) is 32.8 Å². The number of amides is 2. The SMILES string of the molecule is CC(C)(C)OC(=O)N1CCC2(C1)C(=O)NCC2CO. The molecule has 6 heteroatoms. The molecule has 0 aromatic heterocycles. The first-order valence-electron chi connectivity index (χ1n) is 6.65. The van der Waals surface area contributed by atoms with E-state index in [1.807, 2.05) is 20.8 Å². The highest BCUT2D eigenvalue weighted by atomic mass is 16.6. The molecule has 0 bridgehead atoms. The van der Waals surface area contributed by atoms with Gasteiger partial charge in [0, 0.05) is 32.2 Å². The number of carbonyl (C=O) groups excluding carboxylic acids is 2. The van der Waals surface area contributed by atoms with Gasteiger partial charge < -0.3 is 20.1 Å². The number of nitrogens with one attached hydrogen (secondary N) is 1. The van der Waals surface area contributed by atoms with Crippen molar-refractivity contribution < 1.29 is 19.4 Å². The van der Waals surface area contributed by atoms with Crippen LogP contribution in [0, 0.1) is 11.3 Å². The van der Waals surface area contributed by atoms with Crippen LogP contribution >= 0.6 is 0 Å². The van der Waals surface area contributed by atoms with E-state index in [0.29, 0.717) is 26.1 Å². The molecule has 0 aromatic carbocycles. The molecule has 1 spiro atoms. The number of ether oxygens (including phenoxy) is 1. The second kappa shape index (κ2) is 4.67. The minimum absolute atomic E-state index is 0.0408. The molecule has 108 valence electrons. The summed E-state index contributed by atoms with van der Waals surface area (Å²) in [7, 11) is 0. The molecule has 6 nitrogen and oxygen atoms in total. The zero-order valence-electron chi connectivity index (χ0n) is 11.7. The van der Waals surface area contributed by atoms with Gasteiger partial charge in [0.2, 0.25) is 5.91 Å². The van der Waals surface area contributed by atoms with Crippen LogP contribution in [0.2, 0.25) is 0 Å². The van der Waals surface area contributed by atoms with Gasteiger partial charge in [-0.05, 0) is 27.2 Å². The lowest BCUT2D eigenvalue weighted by Crippen LogP contribution is -2.42. The molecule has 2 rings (SSSR count). The van der Waals surface area contributed by atoms with Gasteiger partial charge in [0.15, 0.2) is 0 Å². The number of hydrogen-bond donors (Lipinski definition) is 2. The third-order valence-corrected chi connectivity index (χ3v) is 3.92. The Hall–Kier alpha value is -1.30. The maximum atomic E-state index is 12.0. The molecule has 2 fully saturated rings. The Bertz CT molecular complexity index is 391. The van der Waals surface area contributed by atoms with E-state index in [9.17, 15) is 14.7 Å². The molecule has 0 saturated carbocycles. The number of hydrogen-bond acceptors (Lipinski definition) is 4. The standard InChI is InChI=1S/C13H22N2O4/c1-12(2,3)19-11(18)15-5-4-13(8-15)9(7-16)6-14-10(13)17/h9,16H,4-8H2,1-3H3,(H,14,17). The zero-order valence-corrected chi connectivity index (χ0v) is 11.7. The molecule has 2 aliphatic heterocycles. The van der Waals surface area contributed by atoms with Crippen molar-refractivity contribution in [1.82, 2.24) is 10.2 Å². The first-order valence-corrected chi connectivity index (χ1v) is 6.65. The largest absolute Gasteiger partial charge is 0.444 e. The molecule has 2 saturated heterocycles. The summed E-state index contributed by atoms with van der Waals surface area (Å²) >= 11 is 0. The highest BCUT2D eigenvalue weighted by Gasteiger charge is 2.54. The van der Waals surface area contributed by atoms with E-state index in [4.69, 9.17) is 4.74 Å². The summed E-state index contributed by atoms with van der Waals surface area (Å²) in [4.78, 5) is 25.6. The molecular formula is C13H22N2O4. The van der Waals surface area contributed by atoms with Gasteiger partial charge in [-0.2, -0.15) is 0 Å². The van der Waals surface area contributed by atoms with Crippen LogP contribution in [0.5, 0.6) is 0 Å². The maximum Gasteiger partial charge on any atom is 0.410 e. The average Bonchev–Trinajstić information content (AvgIpc) is 2.85. The average molecular weight is 270 g/mol. The summed E-state index contributed by atoms with van der Waals surface area (Å²) in [6.45, 7) is 6.72. The van der Waals surface area contributed by atoms with Gasteiger partial charge in [-0.15, -0.1) is 0 Å². The third kappa shape index (κ3) is 2.54. The van der Waals surface area contributed by atoms with Crippen molar-refractivity contribution >= 4 is 12.0 Å². The van der Waals surface area contributed by atoms with Crippen molar-refractivity contribution in [2.75, 3.05) is 26.2 Å². The summed E-state index contributed by atoms with van der Waals surface area (Å²) in [6.07, 6.45) is 0.198. The smallest absolute Gasteiger partial charge is 0.410 e. The Morgan fingerprint density at radius 2 is 2.26 bits per heavy atom. The molecule has 0 aliphatic carbocycles. The number of carbonyl (C=O) groups is 2. The lowest BCUT2D eigenvalue weighted by Gasteiger charge is -2.28. The van der Waals surface area contributed by atoms with Crippen molar-refractivity contribution in [3.05, 3.63) is 0 Å².